The van der Waals surface area contributed by atoms with Crippen LogP contribution in [0.1, 0.15) is 30.5 Å². The van der Waals surface area contributed by atoms with Crippen LogP contribution in [0.5, 0.6) is 11.8 Å². The number of benzene rings is 2. The molecule has 0 bridgehead atoms. The molecule has 3 aliphatic heterocycles. The minimum absolute atomic E-state index is 0.0388. The van der Waals surface area contributed by atoms with E-state index in [0.29, 0.717) is 40.1 Å². The molecule has 3 aliphatic rings. The molecule has 0 spiro atoms. The van der Waals surface area contributed by atoms with Crippen LogP contribution in [-0.4, -0.2) is 83.7 Å². The summed E-state index contributed by atoms with van der Waals surface area (Å²) >= 11 is 13.3. The smallest absolute Gasteiger partial charge is 0.297 e. The van der Waals surface area contributed by atoms with Crippen molar-refractivity contribution >= 4 is 51.7 Å². The number of methoxy groups -OCH3 is 1. The highest BCUT2D eigenvalue weighted by Gasteiger charge is 2.64. The van der Waals surface area contributed by atoms with E-state index >= 15 is 0 Å². The number of anilines is 1. The van der Waals surface area contributed by atoms with E-state index in [-0.39, 0.29) is 35.5 Å². The molecule has 2 atom stereocenters. The summed E-state index contributed by atoms with van der Waals surface area (Å²) in [5.74, 6) is 0.123. The second-order valence-corrected chi connectivity index (χ2v) is 12.4. The number of rotatable bonds is 10. The first kappa shape index (κ1) is 32.1. The lowest BCUT2D eigenvalue weighted by Crippen LogP contribution is -2.49. The predicted molar refractivity (Wildman–Crippen MR) is 178 cm³/mol. The lowest BCUT2D eigenvalue weighted by atomic mass is 10.00. The van der Waals surface area contributed by atoms with E-state index in [1.54, 1.807) is 32.5 Å². The number of aromatic nitrogens is 3. The van der Waals surface area contributed by atoms with Gasteiger partial charge in [-0.2, -0.15) is 4.98 Å². The fraction of sp³-hybridized carbons (Fsp3) is 0.394. The number of hydrogen-bond donors (Lipinski definition) is 2. The normalized spacial score (nSPS) is 19.3. The van der Waals surface area contributed by atoms with E-state index in [0.717, 1.165) is 30.7 Å². The van der Waals surface area contributed by atoms with Crippen molar-refractivity contribution in [3.05, 3.63) is 76.0 Å². The third kappa shape index (κ3) is 6.50. The van der Waals surface area contributed by atoms with Crippen molar-refractivity contribution in [1.29, 1.82) is 0 Å². The second-order valence-electron chi connectivity index (χ2n) is 11.6. The van der Waals surface area contributed by atoms with Gasteiger partial charge in [-0.05, 0) is 68.8 Å². The van der Waals surface area contributed by atoms with Gasteiger partial charge in [-0.15, -0.1) is 0 Å². The minimum Gasteiger partial charge on any atom is -0.486 e. The lowest BCUT2D eigenvalue weighted by Gasteiger charge is -2.26. The average Bonchev–Trinajstić information content (AvgIpc) is 3.50. The summed E-state index contributed by atoms with van der Waals surface area (Å²) in [6, 6.07) is 15.1. The maximum absolute atomic E-state index is 12.9. The Labute approximate surface area is 277 Å². The first-order valence-corrected chi connectivity index (χ1v) is 16.1. The van der Waals surface area contributed by atoms with Crippen LogP contribution in [0.15, 0.2) is 54.7 Å². The van der Waals surface area contributed by atoms with Crippen molar-refractivity contribution in [3.63, 3.8) is 0 Å². The Balaban J connectivity index is 0.000000679. The summed E-state index contributed by atoms with van der Waals surface area (Å²) < 4.78 is 13.7. The molecule has 3 saturated heterocycles. The van der Waals surface area contributed by atoms with Gasteiger partial charge in [-0.3, -0.25) is 24.0 Å². The molecule has 11 nitrogen and oxygen atoms in total. The molecule has 7 rings (SSSR count). The number of likely N-dealkylation sites (N-methyl/N-ethyl adjacent to an activating group) is 1. The summed E-state index contributed by atoms with van der Waals surface area (Å²) in [5, 5.41) is 6.67. The van der Waals surface area contributed by atoms with Crippen LogP contribution in [0.4, 0.5) is 5.69 Å². The number of para-hydroxylation sites is 1. The highest BCUT2D eigenvalue weighted by atomic mass is 35.5. The fourth-order valence-corrected chi connectivity index (χ4v) is 6.42. The summed E-state index contributed by atoms with van der Waals surface area (Å²) in [6.45, 7) is 4.59. The van der Waals surface area contributed by atoms with E-state index in [9.17, 15) is 9.59 Å². The SMILES string of the molecule is C1CCNC1.COc1nc2c(OCc3c(Cl)ccc(N(C)C(=O)CNC(=O)C45CCN4C5)c3Cl)cccc2n1Cc1ccccn1. The van der Waals surface area contributed by atoms with Crippen molar-refractivity contribution < 1.29 is 19.1 Å². The fourth-order valence-electron chi connectivity index (χ4n) is 5.81. The highest BCUT2D eigenvalue weighted by molar-refractivity contribution is 6.38. The molecule has 2 aromatic heterocycles. The molecule has 2 N–H and O–H groups in total. The van der Waals surface area contributed by atoms with Crippen molar-refractivity contribution in [2.45, 2.75) is 38.0 Å². The number of ether oxygens (including phenoxy) is 2. The standard InChI is InChI=1S/C29H28Cl2N6O4.C4H9N/c1-35(24(38)14-33-27(39)29-11-13-36(29)17-29)21-10-9-20(30)19(25(21)31)16-41-23-8-5-7-22-26(23)34-28(40-2)37(22)15-18-6-3-4-12-32-18;1-2-4-5-3-1/h3-10,12H,11,13-17H2,1-2H3,(H,33,39);5H,1-4H2. The number of halogens is 2. The van der Waals surface area contributed by atoms with Crippen LogP contribution >= 0.6 is 23.2 Å². The number of fused-ring (bicyclic) bond motifs is 2. The van der Waals surface area contributed by atoms with Gasteiger partial charge in [0, 0.05) is 36.9 Å². The summed E-state index contributed by atoms with van der Waals surface area (Å²) in [5.41, 5.74) is 2.90. The van der Waals surface area contributed by atoms with Crippen LogP contribution in [0.25, 0.3) is 11.0 Å². The third-order valence-corrected chi connectivity index (χ3v) is 9.51. The number of nitrogens with zero attached hydrogens (tertiary/aromatic N) is 5. The Kier molecular flexibility index (Phi) is 9.65. The molecule has 0 saturated carbocycles. The second kappa shape index (κ2) is 13.8. The van der Waals surface area contributed by atoms with Gasteiger partial charge in [0.25, 0.3) is 6.01 Å². The van der Waals surface area contributed by atoms with E-state index in [4.69, 9.17) is 32.7 Å². The van der Waals surface area contributed by atoms with Crippen molar-refractivity contribution in [3.8, 4) is 11.8 Å². The molecule has 0 aliphatic carbocycles. The van der Waals surface area contributed by atoms with Gasteiger partial charge in [0.2, 0.25) is 11.8 Å². The van der Waals surface area contributed by atoms with Gasteiger partial charge < -0.3 is 25.0 Å². The van der Waals surface area contributed by atoms with Crippen LogP contribution in [0.3, 0.4) is 0 Å². The molecular formula is C33H37Cl2N7O4. The Bertz CT molecular complexity index is 1720. The van der Waals surface area contributed by atoms with Gasteiger partial charge in [0.05, 0.1) is 42.1 Å². The Morgan fingerprint density at radius 2 is 1.93 bits per heavy atom. The minimum atomic E-state index is -0.386. The number of nitrogens with one attached hydrogen (secondary N) is 2. The number of carbonyl (C=O) groups is 2. The Hall–Kier alpha value is -3.90. The van der Waals surface area contributed by atoms with Crippen molar-refractivity contribution in [1.82, 2.24) is 30.1 Å². The molecule has 242 valence electrons. The summed E-state index contributed by atoms with van der Waals surface area (Å²) in [6.07, 6.45) is 5.36. The molecule has 2 unspecified atom stereocenters. The zero-order valence-corrected chi connectivity index (χ0v) is 27.4. The monoisotopic (exact) mass is 665 g/mol. The first-order chi connectivity index (χ1) is 22.3. The van der Waals surface area contributed by atoms with E-state index in [1.165, 1.54) is 30.8 Å². The molecule has 3 fully saturated rings. The van der Waals surface area contributed by atoms with Gasteiger partial charge in [-0.25, -0.2) is 0 Å². The van der Waals surface area contributed by atoms with Gasteiger partial charge >= 0.3 is 0 Å². The highest BCUT2D eigenvalue weighted by Crippen LogP contribution is 2.45. The van der Waals surface area contributed by atoms with Gasteiger partial charge in [0.1, 0.15) is 23.4 Å². The largest absolute Gasteiger partial charge is 0.486 e. The molecular weight excluding hydrogens is 629 g/mol. The van der Waals surface area contributed by atoms with Crippen LogP contribution in [0.2, 0.25) is 10.0 Å². The number of amides is 2. The number of hydrogen-bond acceptors (Lipinski definition) is 8. The zero-order valence-electron chi connectivity index (χ0n) is 25.9. The Morgan fingerprint density at radius 1 is 1.11 bits per heavy atom. The Morgan fingerprint density at radius 3 is 2.57 bits per heavy atom. The molecule has 0 radical (unpaired) electrons. The molecule has 4 aromatic rings. The summed E-state index contributed by atoms with van der Waals surface area (Å²) in [7, 11) is 3.18. The number of carbonyl (C=O) groups excluding carboxylic acids is 2. The molecule has 2 aromatic carbocycles. The topological polar surface area (TPSA) is 114 Å². The molecule has 13 heteroatoms. The predicted octanol–water partition coefficient (Wildman–Crippen LogP) is 4.28. The van der Waals surface area contributed by atoms with Crippen LogP contribution in [-0.2, 0) is 22.7 Å². The lowest BCUT2D eigenvalue weighted by molar-refractivity contribution is -0.129. The first-order valence-electron chi connectivity index (χ1n) is 15.4. The van der Waals surface area contributed by atoms with Crippen LogP contribution in [0, 0.1) is 0 Å². The number of imidazole rings is 1. The maximum atomic E-state index is 12.9. The van der Waals surface area contributed by atoms with Gasteiger partial charge in [-0.1, -0.05) is 35.3 Å². The number of pyridine rings is 1. The zero-order chi connectivity index (χ0) is 32.3. The van der Waals surface area contributed by atoms with Crippen LogP contribution < -0.4 is 25.0 Å². The maximum Gasteiger partial charge on any atom is 0.297 e. The average molecular weight is 667 g/mol. The molecule has 46 heavy (non-hydrogen) atoms. The summed E-state index contributed by atoms with van der Waals surface area (Å²) in [4.78, 5) is 37.9. The van der Waals surface area contributed by atoms with Crippen molar-refractivity contribution in [2.75, 3.05) is 51.8 Å². The van der Waals surface area contributed by atoms with Crippen molar-refractivity contribution in [2.24, 2.45) is 0 Å². The van der Waals surface area contributed by atoms with E-state index in [2.05, 4.69) is 25.5 Å². The van der Waals surface area contributed by atoms with E-state index in [1.807, 2.05) is 41.0 Å². The molecule has 2 amide bonds. The molecule has 5 heterocycles. The van der Waals surface area contributed by atoms with E-state index < -0.39 is 0 Å². The quantitative estimate of drug-likeness (QED) is 0.241. The third-order valence-electron chi connectivity index (χ3n) is 8.74. The van der Waals surface area contributed by atoms with Gasteiger partial charge in [0.15, 0.2) is 0 Å².